The van der Waals surface area contributed by atoms with E-state index in [1.54, 1.807) is 30.3 Å². The van der Waals surface area contributed by atoms with Crippen LogP contribution in [-0.4, -0.2) is 48.5 Å². The number of benzene rings is 3. The lowest BCUT2D eigenvalue weighted by atomic mass is 10.00. The highest BCUT2D eigenvalue weighted by atomic mass is 19.4. The highest BCUT2D eigenvalue weighted by Crippen LogP contribution is 2.28. The van der Waals surface area contributed by atoms with Crippen LogP contribution in [-0.2, 0) is 16.0 Å². The third kappa shape index (κ3) is 7.07. The Kier molecular flexibility index (Phi) is 8.13. The summed E-state index contributed by atoms with van der Waals surface area (Å²) in [6, 6.07) is 17.0. The Morgan fingerprint density at radius 3 is 2.29 bits per heavy atom. The van der Waals surface area contributed by atoms with E-state index in [2.05, 4.69) is 20.4 Å². The van der Waals surface area contributed by atoms with Crippen molar-refractivity contribution < 1.29 is 36.7 Å². The Morgan fingerprint density at radius 2 is 1.66 bits per heavy atom. The summed E-state index contributed by atoms with van der Waals surface area (Å²) >= 11 is 0. The molecule has 3 aromatic carbocycles. The quantitative estimate of drug-likeness (QED) is 0.412. The van der Waals surface area contributed by atoms with E-state index in [1.807, 2.05) is 0 Å². The number of ether oxygens (including phenoxy) is 1. The number of amides is 3. The van der Waals surface area contributed by atoms with Gasteiger partial charge in [-0.25, -0.2) is 4.39 Å². The minimum Gasteiger partial charge on any atom is -0.406 e. The van der Waals surface area contributed by atoms with Gasteiger partial charge in [-0.15, -0.1) is 13.2 Å². The Balaban J connectivity index is 1.63. The summed E-state index contributed by atoms with van der Waals surface area (Å²) in [6.45, 7) is 2.93. The average Bonchev–Trinajstić information content (AvgIpc) is 2.99. The molecule has 3 amide bonds. The van der Waals surface area contributed by atoms with Crippen molar-refractivity contribution in [1.82, 2.24) is 10.6 Å². The molecule has 1 atom stereocenters. The van der Waals surface area contributed by atoms with Crippen LogP contribution in [0.4, 0.5) is 23.2 Å². The summed E-state index contributed by atoms with van der Waals surface area (Å²) < 4.78 is 55.9. The van der Waals surface area contributed by atoms with Gasteiger partial charge < -0.3 is 20.3 Å². The van der Waals surface area contributed by atoms with Gasteiger partial charge in [-0.1, -0.05) is 30.3 Å². The largest absolute Gasteiger partial charge is 0.573 e. The standard InChI is InChI=1S/C29H26F4N4O4/c1-28(2,36-25(38)18-7-5-4-6-8-18)27(40)35-24-26(39)37(3)23-14-11-19(30)16-21(23)22(34-24)15-17-9-12-20(13-10-17)41-29(31,32)33/h4-14,16,24H,15H2,1-3H3,(H,35,40)(H,36,38). The first kappa shape index (κ1) is 29.2. The zero-order valence-electron chi connectivity index (χ0n) is 22.3. The van der Waals surface area contributed by atoms with Gasteiger partial charge in [0.05, 0.1) is 11.4 Å². The normalized spacial score (nSPS) is 15.4. The van der Waals surface area contributed by atoms with Crippen molar-refractivity contribution in [3.63, 3.8) is 0 Å². The number of likely N-dealkylation sites (N-methyl/N-ethyl adjacent to an activating group) is 1. The molecule has 1 aliphatic heterocycles. The lowest BCUT2D eigenvalue weighted by molar-refractivity contribution is -0.274. The van der Waals surface area contributed by atoms with E-state index in [4.69, 9.17) is 0 Å². The predicted molar refractivity (Wildman–Crippen MR) is 143 cm³/mol. The summed E-state index contributed by atoms with van der Waals surface area (Å²) in [6.07, 6.45) is -6.31. The number of nitrogens with zero attached hydrogens (tertiary/aromatic N) is 2. The van der Waals surface area contributed by atoms with Crippen LogP contribution in [0.15, 0.2) is 77.8 Å². The number of rotatable bonds is 7. The summed E-state index contributed by atoms with van der Waals surface area (Å²) in [5, 5.41) is 5.20. The fourth-order valence-electron chi connectivity index (χ4n) is 4.16. The summed E-state index contributed by atoms with van der Waals surface area (Å²) in [4.78, 5) is 45.0. The number of benzodiazepines with no additional fused rings is 1. The first-order valence-electron chi connectivity index (χ1n) is 12.4. The number of anilines is 1. The molecule has 0 bridgehead atoms. The molecule has 0 spiro atoms. The second-order valence-corrected chi connectivity index (χ2v) is 9.82. The van der Waals surface area contributed by atoms with Gasteiger partial charge in [0.25, 0.3) is 11.8 Å². The maximum atomic E-state index is 14.3. The Labute approximate surface area is 233 Å². The number of fused-ring (bicyclic) bond motifs is 1. The number of carbonyl (C=O) groups excluding carboxylic acids is 3. The monoisotopic (exact) mass is 570 g/mol. The zero-order valence-corrected chi connectivity index (χ0v) is 22.3. The molecule has 3 aromatic rings. The number of alkyl halides is 3. The third-order valence-corrected chi connectivity index (χ3v) is 6.31. The third-order valence-electron chi connectivity index (χ3n) is 6.31. The maximum Gasteiger partial charge on any atom is 0.573 e. The molecule has 1 unspecified atom stereocenters. The van der Waals surface area contributed by atoms with Crippen molar-refractivity contribution >= 4 is 29.1 Å². The minimum atomic E-state index is -4.85. The number of aliphatic imine (C=N–C) groups is 1. The molecule has 12 heteroatoms. The van der Waals surface area contributed by atoms with Crippen LogP contribution >= 0.6 is 0 Å². The molecular formula is C29H26F4N4O4. The van der Waals surface area contributed by atoms with Crippen LogP contribution in [0.3, 0.4) is 0 Å². The number of hydrogen-bond acceptors (Lipinski definition) is 5. The van der Waals surface area contributed by atoms with E-state index in [0.29, 0.717) is 16.8 Å². The Bertz CT molecular complexity index is 1490. The van der Waals surface area contributed by atoms with Crippen LogP contribution in [0.2, 0.25) is 0 Å². The molecule has 2 N–H and O–H groups in total. The average molecular weight is 571 g/mol. The van der Waals surface area contributed by atoms with E-state index >= 15 is 0 Å². The second kappa shape index (κ2) is 11.4. The van der Waals surface area contributed by atoms with Crippen LogP contribution in [0.25, 0.3) is 0 Å². The molecule has 0 aliphatic carbocycles. The molecule has 4 rings (SSSR count). The van der Waals surface area contributed by atoms with Crippen molar-refractivity contribution in [1.29, 1.82) is 0 Å². The van der Waals surface area contributed by atoms with Crippen molar-refractivity contribution in [3.05, 3.63) is 95.3 Å². The fraction of sp³-hybridized carbons (Fsp3) is 0.241. The molecule has 1 heterocycles. The molecular weight excluding hydrogens is 544 g/mol. The van der Waals surface area contributed by atoms with Crippen LogP contribution in [0.5, 0.6) is 5.75 Å². The number of halogens is 4. The van der Waals surface area contributed by atoms with E-state index in [-0.39, 0.29) is 17.7 Å². The first-order chi connectivity index (χ1) is 19.2. The fourth-order valence-corrected chi connectivity index (χ4v) is 4.16. The lowest BCUT2D eigenvalue weighted by Crippen LogP contribution is -2.58. The van der Waals surface area contributed by atoms with Gasteiger partial charge in [0.15, 0.2) is 0 Å². The Morgan fingerprint density at radius 1 is 1.00 bits per heavy atom. The summed E-state index contributed by atoms with van der Waals surface area (Å²) in [7, 11) is 1.45. The van der Waals surface area contributed by atoms with Gasteiger partial charge in [0.2, 0.25) is 12.1 Å². The molecule has 0 radical (unpaired) electrons. The Hall–Kier alpha value is -4.74. The van der Waals surface area contributed by atoms with Crippen LogP contribution in [0, 0.1) is 5.82 Å². The molecule has 8 nitrogen and oxygen atoms in total. The van der Waals surface area contributed by atoms with Crippen molar-refractivity contribution in [3.8, 4) is 5.75 Å². The molecule has 0 saturated heterocycles. The van der Waals surface area contributed by atoms with E-state index in [0.717, 1.165) is 12.1 Å². The van der Waals surface area contributed by atoms with Gasteiger partial charge >= 0.3 is 6.36 Å². The van der Waals surface area contributed by atoms with E-state index in [1.165, 1.54) is 56.1 Å². The smallest absolute Gasteiger partial charge is 0.406 e. The molecule has 41 heavy (non-hydrogen) atoms. The SMILES string of the molecule is CN1C(=O)C(NC(=O)C(C)(C)NC(=O)c2ccccc2)N=C(Cc2ccc(OC(F)(F)F)cc2)c2cc(F)ccc21. The van der Waals surface area contributed by atoms with E-state index < -0.39 is 47.4 Å². The zero-order chi connectivity index (χ0) is 29.9. The maximum absolute atomic E-state index is 14.3. The van der Waals surface area contributed by atoms with Crippen molar-refractivity contribution in [2.45, 2.75) is 38.3 Å². The molecule has 214 valence electrons. The predicted octanol–water partition coefficient (Wildman–Crippen LogP) is 4.38. The number of nitrogens with one attached hydrogen (secondary N) is 2. The van der Waals surface area contributed by atoms with Crippen LogP contribution in [0.1, 0.15) is 35.3 Å². The first-order valence-corrected chi connectivity index (χ1v) is 12.4. The minimum absolute atomic E-state index is 0.00955. The summed E-state index contributed by atoms with van der Waals surface area (Å²) in [5.74, 6) is -2.85. The topological polar surface area (TPSA) is 100 Å². The number of carbonyl (C=O) groups is 3. The molecule has 0 saturated carbocycles. The van der Waals surface area contributed by atoms with Gasteiger partial charge in [0, 0.05) is 24.6 Å². The number of hydrogen-bond donors (Lipinski definition) is 2. The van der Waals surface area contributed by atoms with Crippen LogP contribution < -0.4 is 20.3 Å². The van der Waals surface area contributed by atoms with Gasteiger partial charge in [-0.3, -0.25) is 19.4 Å². The van der Waals surface area contributed by atoms with E-state index in [9.17, 15) is 31.9 Å². The van der Waals surface area contributed by atoms with Crippen molar-refractivity contribution in [2.24, 2.45) is 4.99 Å². The molecule has 0 aromatic heterocycles. The highest BCUT2D eigenvalue weighted by molar-refractivity contribution is 6.14. The lowest BCUT2D eigenvalue weighted by Gasteiger charge is -2.28. The second-order valence-electron chi connectivity index (χ2n) is 9.82. The summed E-state index contributed by atoms with van der Waals surface area (Å²) in [5.41, 5.74) is 0.166. The highest BCUT2D eigenvalue weighted by Gasteiger charge is 2.36. The van der Waals surface area contributed by atoms with Crippen molar-refractivity contribution in [2.75, 3.05) is 11.9 Å². The van der Waals surface area contributed by atoms with Gasteiger partial charge in [0.1, 0.15) is 17.1 Å². The molecule has 0 fully saturated rings. The van der Waals surface area contributed by atoms with Gasteiger partial charge in [-0.2, -0.15) is 0 Å². The molecule has 1 aliphatic rings. The van der Waals surface area contributed by atoms with Gasteiger partial charge in [-0.05, 0) is 61.9 Å².